The number of halogens is 2. The van der Waals surface area contributed by atoms with Crippen LogP contribution in [0.1, 0.15) is 50.6 Å². The highest BCUT2D eigenvalue weighted by atomic mass is 19.1. The predicted octanol–water partition coefficient (Wildman–Crippen LogP) is 5.79. The number of hydrogen-bond acceptors (Lipinski definition) is 6. The number of fused-ring (bicyclic) bond motifs is 2. The van der Waals surface area contributed by atoms with Crippen LogP contribution >= 0.6 is 0 Å². The number of aldehydes is 1. The van der Waals surface area contributed by atoms with Crippen molar-refractivity contribution in [1.82, 2.24) is 15.0 Å². The van der Waals surface area contributed by atoms with Crippen LogP contribution in [0.4, 0.5) is 14.5 Å². The first-order chi connectivity index (χ1) is 20.4. The standard InChI is InChI=1S/C32H24F2N4O4/c33-20-11-22(21-5-6-35-31-23(21)13-27(37-31)26-4-1-17(15-39)14-36-26)24(16-40)28(12-20)38-7-8-42-29-10-19(18-2-3-18)9-25(34)30(29)32(38)41/h1,4-6,9-15,18,40H,2-3,7-8,16H2,(H,35,37). The summed E-state index contributed by atoms with van der Waals surface area (Å²) in [4.78, 5) is 38.0. The predicted molar refractivity (Wildman–Crippen MR) is 152 cm³/mol. The molecule has 7 rings (SSSR count). The average Bonchev–Trinajstić information content (AvgIpc) is 3.78. The monoisotopic (exact) mass is 566 g/mol. The molecule has 42 heavy (non-hydrogen) atoms. The summed E-state index contributed by atoms with van der Waals surface area (Å²) < 4.78 is 36.4. The average molecular weight is 567 g/mol. The van der Waals surface area contributed by atoms with Crippen molar-refractivity contribution in [2.75, 3.05) is 18.1 Å². The third kappa shape index (κ3) is 4.40. The van der Waals surface area contributed by atoms with E-state index in [4.69, 9.17) is 4.74 Å². The number of anilines is 1. The van der Waals surface area contributed by atoms with Gasteiger partial charge in [0.15, 0.2) is 6.29 Å². The normalized spacial score (nSPS) is 14.9. The molecule has 0 saturated heterocycles. The summed E-state index contributed by atoms with van der Waals surface area (Å²) in [6.07, 6.45) is 5.66. The topological polar surface area (TPSA) is 108 Å². The SMILES string of the molecule is O=Cc1ccc(-c2cc3c(-c4cc(F)cc(N5CCOc6cc(C7CC7)cc(F)c6C5=O)c4CO)ccnc3[nH]2)nc1. The van der Waals surface area contributed by atoms with Gasteiger partial charge in [0, 0.05) is 28.9 Å². The number of carbonyl (C=O) groups excluding carboxylic acids is 2. The molecule has 0 unspecified atom stereocenters. The summed E-state index contributed by atoms with van der Waals surface area (Å²) in [5.41, 5.74) is 4.09. The number of aromatic nitrogens is 3. The highest BCUT2D eigenvalue weighted by molar-refractivity contribution is 6.09. The molecule has 0 spiro atoms. The Labute approximate surface area is 238 Å². The van der Waals surface area contributed by atoms with Crippen LogP contribution in [-0.2, 0) is 6.61 Å². The molecule has 2 aliphatic rings. The maximum atomic E-state index is 15.3. The molecule has 10 heteroatoms. The van der Waals surface area contributed by atoms with E-state index in [9.17, 15) is 14.7 Å². The lowest BCUT2D eigenvalue weighted by atomic mass is 9.95. The van der Waals surface area contributed by atoms with E-state index in [1.54, 1.807) is 36.5 Å². The van der Waals surface area contributed by atoms with E-state index in [2.05, 4.69) is 15.0 Å². The fraction of sp³-hybridized carbons (Fsp3) is 0.188. The van der Waals surface area contributed by atoms with E-state index in [1.165, 1.54) is 29.3 Å². The van der Waals surface area contributed by atoms with Gasteiger partial charge in [0.05, 0.1) is 30.2 Å². The summed E-state index contributed by atoms with van der Waals surface area (Å²) in [5.74, 6) is -1.53. The van der Waals surface area contributed by atoms with Crippen molar-refractivity contribution in [3.05, 3.63) is 94.8 Å². The molecule has 4 heterocycles. The van der Waals surface area contributed by atoms with Crippen LogP contribution in [0.3, 0.4) is 0 Å². The van der Waals surface area contributed by atoms with Gasteiger partial charge >= 0.3 is 0 Å². The minimum Gasteiger partial charge on any atom is -0.491 e. The molecule has 1 amide bonds. The number of aromatic amines is 1. The molecule has 2 aromatic carbocycles. The zero-order valence-electron chi connectivity index (χ0n) is 22.2. The van der Waals surface area contributed by atoms with Gasteiger partial charge in [-0.2, -0.15) is 0 Å². The van der Waals surface area contributed by atoms with Gasteiger partial charge in [-0.15, -0.1) is 0 Å². The maximum absolute atomic E-state index is 15.3. The smallest absolute Gasteiger partial charge is 0.265 e. The largest absolute Gasteiger partial charge is 0.491 e. The van der Waals surface area contributed by atoms with Crippen molar-refractivity contribution in [2.45, 2.75) is 25.4 Å². The summed E-state index contributed by atoms with van der Waals surface area (Å²) in [5, 5.41) is 11.2. The van der Waals surface area contributed by atoms with Crippen molar-refractivity contribution >= 4 is 28.9 Å². The van der Waals surface area contributed by atoms with Gasteiger partial charge in [-0.05, 0) is 84.0 Å². The molecule has 5 aromatic rings. The molecular weight excluding hydrogens is 542 g/mol. The molecule has 8 nitrogen and oxygen atoms in total. The van der Waals surface area contributed by atoms with Crippen molar-refractivity contribution in [2.24, 2.45) is 0 Å². The quantitative estimate of drug-likeness (QED) is 0.252. The molecule has 1 aliphatic carbocycles. The van der Waals surface area contributed by atoms with Crippen LogP contribution in [0.2, 0.25) is 0 Å². The number of nitrogens with zero attached hydrogens (tertiary/aromatic N) is 3. The zero-order valence-corrected chi connectivity index (χ0v) is 22.2. The number of aliphatic hydroxyl groups excluding tert-OH is 1. The Balaban J connectivity index is 1.34. The lowest BCUT2D eigenvalue weighted by Crippen LogP contribution is -2.34. The number of H-pyrrole nitrogens is 1. The molecule has 0 atom stereocenters. The Morgan fingerprint density at radius 3 is 2.67 bits per heavy atom. The lowest BCUT2D eigenvalue weighted by molar-refractivity contribution is 0.0985. The number of aliphatic hydroxyl groups is 1. The van der Waals surface area contributed by atoms with Crippen LogP contribution < -0.4 is 9.64 Å². The summed E-state index contributed by atoms with van der Waals surface area (Å²) in [7, 11) is 0. The van der Waals surface area contributed by atoms with Gasteiger partial charge in [0.25, 0.3) is 5.91 Å². The molecule has 2 N–H and O–H groups in total. The number of nitrogens with one attached hydrogen (secondary N) is 1. The second-order valence-corrected chi connectivity index (χ2v) is 10.5. The molecule has 1 aliphatic heterocycles. The van der Waals surface area contributed by atoms with Gasteiger partial charge in [-0.3, -0.25) is 14.6 Å². The third-order valence-electron chi connectivity index (χ3n) is 7.82. The number of amides is 1. The van der Waals surface area contributed by atoms with Crippen LogP contribution in [0.25, 0.3) is 33.5 Å². The second-order valence-electron chi connectivity index (χ2n) is 10.5. The number of carbonyl (C=O) groups is 2. The van der Waals surface area contributed by atoms with Crippen molar-refractivity contribution in [1.29, 1.82) is 0 Å². The Morgan fingerprint density at radius 1 is 1.07 bits per heavy atom. The molecule has 1 saturated carbocycles. The molecule has 0 radical (unpaired) electrons. The number of hydrogen-bond donors (Lipinski definition) is 2. The first-order valence-corrected chi connectivity index (χ1v) is 13.6. The Morgan fingerprint density at radius 2 is 1.93 bits per heavy atom. The minimum absolute atomic E-state index is 0.0319. The summed E-state index contributed by atoms with van der Waals surface area (Å²) >= 11 is 0. The first kappa shape index (κ1) is 26.0. The number of pyridine rings is 2. The van der Waals surface area contributed by atoms with E-state index in [0.717, 1.165) is 18.4 Å². The Hall–Kier alpha value is -4.96. The van der Waals surface area contributed by atoms with E-state index in [1.807, 2.05) is 0 Å². The Kier molecular flexibility index (Phi) is 6.27. The highest BCUT2D eigenvalue weighted by Gasteiger charge is 2.33. The van der Waals surface area contributed by atoms with Gasteiger partial charge in [-0.25, -0.2) is 13.8 Å². The van der Waals surface area contributed by atoms with Crippen LogP contribution in [0.5, 0.6) is 5.75 Å². The van der Waals surface area contributed by atoms with E-state index < -0.39 is 24.1 Å². The summed E-state index contributed by atoms with van der Waals surface area (Å²) in [6.45, 7) is -0.412. The van der Waals surface area contributed by atoms with Crippen LogP contribution in [0.15, 0.2) is 60.9 Å². The van der Waals surface area contributed by atoms with Crippen LogP contribution in [0, 0.1) is 11.6 Å². The molecule has 1 fully saturated rings. The van der Waals surface area contributed by atoms with Gasteiger partial charge in [0.2, 0.25) is 0 Å². The minimum atomic E-state index is -0.682. The zero-order chi connectivity index (χ0) is 29.0. The van der Waals surface area contributed by atoms with E-state index in [-0.39, 0.29) is 36.1 Å². The summed E-state index contributed by atoms with van der Waals surface area (Å²) in [6, 6.07) is 12.4. The van der Waals surface area contributed by atoms with E-state index >= 15 is 8.78 Å². The second kappa shape index (κ2) is 10.1. The fourth-order valence-electron chi connectivity index (χ4n) is 5.59. The lowest BCUT2D eigenvalue weighted by Gasteiger charge is -2.25. The first-order valence-electron chi connectivity index (χ1n) is 13.6. The molecule has 210 valence electrons. The van der Waals surface area contributed by atoms with Gasteiger partial charge < -0.3 is 19.7 Å². The highest BCUT2D eigenvalue weighted by Crippen LogP contribution is 2.44. The third-order valence-corrected chi connectivity index (χ3v) is 7.82. The van der Waals surface area contributed by atoms with Crippen molar-refractivity contribution in [3.63, 3.8) is 0 Å². The van der Waals surface area contributed by atoms with Crippen LogP contribution in [-0.4, -0.2) is 45.4 Å². The molecule has 0 bridgehead atoms. The van der Waals surface area contributed by atoms with E-state index in [0.29, 0.717) is 51.0 Å². The van der Waals surface area contributed by atoms with Gasteiger partial charge in [0.1, 0.15) is 35.2 Å². The molecule has 3 aromatic heterocycles. The maximum Gasteiger partial charge on any atom is 0.265 e. The van der Waals surface area contributed by atoms with Crippen molar-refractivity contribution in [3.8, 4) is 28.3 Å². The number of rotatable bonds is 6. The number of benzene rings is 2. The Bertz CT molecular complexity index is 1880. The van der Waals surface area contributed by atoms with Gasteiger partial charge in [-0.1, -0.05) is 0 Å². The van der Waals surface area contributed by atoms with Crippen molar-refractivity contribution < 1.29 is 28.2 Å². The molecular formula is C32H24F2N4O4. The number of ether oxygens (including phenoxy) is 1. The fourth-order valence-corrected chi connectivity index (χ4v) is 5.59.